The fourth-order valence-corrected chi connectivity index (χ4v) is 2.84. The first-order chi connectivity index (χ1) is 11.6. The van der Waals surface area contributed by atoms with Crippen molar-refractivity contribution in [2.24, 2.45) is 4.99 Å². The molecule has 2 rings (SSSR count). The second-order valence-electron chi connectivity index (χ2n) is 6.39. The summed E-state index contributed by atoms with van der Waals surface area (Å²) in [5, 5.41) is 9.35. The van der Waals surface area contributed by atoms with E-state index in [-0.39, 0.29) is 36.4 Å². The highest BCUT2D eigenvalue weighted by atomic mass is 127. The van der Waals surface area contributed by atoms with Crippen LogP contribution in [0, 0.1) is 0 Å². The molecule has 0 saturated carbocycles. The van der Waals surface area contributed by atoms with Crippen LogP contribution < -0.4 is 16.0 Å². The molecule has 0 atom stereocenters. The van der Waals surface area contributed by atoms with Gasteiger partial charge in [0, 0.05) is 37.9 Å². The van der Waals surface area contributed by atoms with Gasteiger partial charge < -0.3 is 20.9 Å². The zero-order valence-electron chi connectivity index (χ0n) is 15.3. The maximum Gasteiger partial charge on any atom is 0.243 e. The van der Waals surface area contributed by atoms with Crippen LogP contribution in [0.4, 0.5) is 5.69 Å². The highest BCUT2D eigenvalue weighted by Gasteiger charge is 2.21. The third-order valence-corrected chi connectivity index (χ3v) is 4.30. The Morgan fingerprint density at radius 1 is 1.24 bits per heavy atom. The topological polar surface area (TPSA) is 68.8 Å². The molecule has 1 fully saturated rings. The molecule has 0 aromatic heterocycles. The van der Waals surface area contributed by atoms with Crippen LogP contribution in [0.25, 0.3) is 0 Å². The average Bonchev–Trinajstić information content (AvgIpc) is 2.60. The number of piperidine rings is 1. The van der Waals surface area contributed by atoms with Crippen LogP contribution in [-0.4, -0.2) is 55.5 Å². The molecule has 0 aliphatic carbocycles. The van der Waals surface area contributed by atoms with E-state index < -0.39 is 0 Å². The minimum absolute atomic E-state index is 0. The van der Waals surface area contributed by atoms with Gasteiger partial charge in [0.05, 0.1) is 6.54 Å². The van der Waals surface area contributed by atoms with E-state index in [0.29, 0.717) is 18.0 Å². The molecule has 1 heterocycles. The van der Waals surface area contributed by atoms with Crippen LogP contribution >= 0.6 is 24.0 Å². The lowest BCUT2D eigenvalue weighted by molar-refractivity contribution is -0.115. The highest BCUT2D eigenvalue weighted by molar-refractivity contribution is 14.0. The van der Waals surface area contributed by atoms with E-state index in [0.717, 1.165) is 31.6 Å². The summed E-state index contributed by atoms with van der Waals surface area (Å²) in [4.78, 5) is 18.7. The number of benzene rings is 1. The second kappa shape index (κ2) is 11.3. The molecule has 1 saturated heterocycles. The number of carbonyl (C=O) groups excluding carboxylic acids is 1. The molecule has 1 aliphatic heterocycles. The number of hydrogen-bond acceptors (Lipinski definition) is 3. The van der Waals surface area contributed by atoms with Crippen molar-refractivity contribution in [3.8, 4) is 0 Å². The van der Waals surface area contributed by atoms with Crippen molar-refractivity contribution in [1.29, 1.82) is 0 Å². The van der Waals surface area contributed by atoms with Crippen molar-refractivity contribution in [1.82, 2.24) is 15.5 Å². The minimum Gasteiger partial charge on any atom is -0.354 e. The number of carbonyl (C=O) groups is 1. The molecule has 0 unspecified atom stereocenters. The number of rotatable bonds is 5. The molecule has 1 amide bonds. The fraction of sp³-hybridized carbons (Fsp3) is 0.556. The zero-order chi connectivity index (χ0) is 17.4. The van der Waals surface area contributed by atoms with Crippen molar-refractivity contribution in [3.63, 3.8) is 0 Å². The molecular weight excluding hydrogens is 429 g/mol. The summed E-state index contributed by atoms with van der Waals surface area (Å²) in [5.41, 5.74) is 0.799. The van der Waals surface area contributed by atoms with Crippen molar-refractivity contribution in [2.45, 2.75) is 38.8 Å². The number of anilines is 1. The van der Waals surface area contributed by atoms with Gasteiger partial charge in [0.1, 0.15) is 0 Å². The molecule has 6 nitrogen and oxygen atoms in total. The van der Waals surface area contributed by atoms with Gasteiger partial charge in [-0.05, 0) is 38.8 Å². The predicted octanol–water partition coefficient (Wildman–Crippen LogP) is 2.28. The molecular formula is C18H30IN5O. The first-order valence-corrected chi connectivity index (χ1v) is 8.64. The van der Waals surface area contributed by atoms with Crippen molar-refractivity contribution >= 4 is 41.5 Å². The van der Waals surface area contributed by atoms with Crippen LogP contribution in [0.5, 0.6) is 0 Å². The van der Waals surface area contributed by atoms with E-state index in [4.69, 9.17) is 0 Å². The van der Waals surface area contributed by atoms with E-state index in [1.165, 1.54) is 0 Å². The van der Waals surface area contributed by atoms with Crippen molar-refractivity contribution < 1.29 is 4.79 Å². The number of para-hydroxylation sites is 1. The van der Waals surface area contributed by atoms with Gasteiger partial charge in [-0.15, -0.1) is 24.0 Å². The Labute approximate surface area is 167 Å². The Morgan fingerprint density at radius 3 is 2.44 bits per heavy atom. The van der Waals surface area contributed by atoms with Crippen molar-refractivity contribution in [2.75, 3.05) is 32.0 Å². The van der Waals surface area contributed by atoms with Crippen LogP contribution in [0.2, 0.25) is 0 Å². The molecule has 1 aromatic rings. The number of halogens is 1. The summed E-state index contributed by atoms with van der Waals surface area (Å²) in [7, 11) is 1.73. The number of likely N-dealkylation sites (tertiary alicyclic amines) is 1. The van der Waals surface area contributed by atoms with Crippen LogP contribution in [0.15, 0.2) is 35.3 Å². The summed E-state index contributed by atoms with van der Waals surface area (Å²) < 4.78 is 0. The molecule has 140 valence electrons. The van der Waals surface area contributed by atoms with Gasteiger partial charge in [0.2, 0.25) is 5.91 Å². The van der Waals surface area contributed by atoms with Gasteiger partial charge in [-0.3, -0.25) is 9.79 Å². The Bertz CT molecular complexity index is 542. The molecule has 25 heavy (non-hydrogen) atoms. The van der Waals surface area contributed by atoms with E-state index in [9.17, 15) is 4.79 Å². The fourth-order valence-electron chi connectivity index (χ4n) is 2.84. The van der Waals surface area contributed by atoms with Gasteiger partial charge in [-0.25, -0.2) is 0 Å². The summed E-state index contributed by atoms with van der Waals surface area (Å²) in [5.74, 6) is 0.597. The van der Waals surface area contributed by atoms with Crippen LogP contribution in [-0.2, 0) is 4.79 Å². The molecule has 0 bridgehead atoms. The summed E-state index contributed by atoms with van der Waals surface area (Å²) >= 11 is 0. The van der Waals surface area contributed by atoms with Gasteiger partial charge in [-0.2, -0.15) is 0 Å². The summed E-state index contributed by atoms with van der Waals surface area (Å²) in [6, 6.07) is 10.5. The first-order valence-electron chi connectivity index (χ1n) is 8.64. The number of amides is 1. The van der Waals surface area contributed by atoms with Gasteiger partial charge >= 0.3 is 0 Å². The smallest absolute Gasteiger partial charge is 0.243 e. The van der Waals surface area contributed by atoms with Gasteiger partial charge in [-0.1, -0.05) is 18.2 Å². The Kier molecular flexibility index (Phi) is 9.81. The standard InChI is InChI=1S/C18H29N5O.HI/c1-14(2)23-11-9-16(10-12-23)22-18(19-3)20-13-17(24)21-15-7-5-4-6-8-15;/h4-8,14,16H,9-13H2,1-3H3,(H,21,24)(H2,19,20,22);1H. The molecule has 1 aliphatic rings. The summed E-state index contributed by atoms with van der Waals surface area (Å²) in [6.07, 6.45) is 2.18. The zero-order valence-corrected chi connectivity index (χ0v) is 17.6. The van der Waals surface area contributed by atoms with E-state index in [1.54, 1.807) is 7.05 Å². The van der Waals surface area contributed by atoms with E-state index in [1.807, 2.05) is 30.3 Å². The first kappa shape index (κ1) is 21.7. The summed E-state index contributed by atoms with van der Waals surface area (Å²) in [6.45, 7) is 6.86. The second-order valence-corrected chi connectivity index (χ2v) is 6.39. The lowest BCUT2D eigenvalue weighted by Gasteiger charge is -2.35. The number of aliphatic imine (C=N–C) groups is 1. The Morgan fingerprint density at radius 2 is 1.88 bits per heavy atom. The molecule has 1 aromatic carbocycles. The number of guanidine groups is 1. The average molecular weight is 459 g/mol. The van der Waals surface area contributed by atoms with Crippen LogP contribution in [0.3, 0.4) is 0 Å². The quantitative estimate of drug-likeness (QED) is 0.359. The third kappa shape index (κ3) is 7.60. The molecule has 0 spiro atoms. The largest absolute Gasteiger partial charge is 0.354 e. The number of hydrogen-bond donors (Lipinski definition) is 3. The molecule has 0 radical (unpaired) electrons. The van der Waals surface area contributed by atoms with Crippen LogP contribution in [0.1, 0.15) is 26.7 Å². The van der Waals surface area contributed by atoms with E-state index in [2.05, 4.69) is 39.7 Å². The maximum atomic E-state index is 12.0. The van der Waals surface area contributed by atoms with Gasteiger partial charge in [0.15, 0.2) is 5.96 Å². The monoisotopic (exact) mass is 459 g/mol. The SMILES string of the molecule is CN=C(NCC(=O)Nc1ccccc1)NC1CCN(C(C)C)CC1.I. The lowest BCUT2D eigenvalue weighted by atomic mass is 10.0. The van der Waals surface area contributed by atoms with Crippen molar-refractivity contribution in [3.05, 3.63) is 30.3 Å². The third-order valence-electron chi connectivity index (χ3n) is 4.30. The number of nitrogens with zero attached hydrogens (tertiary/aromatic N) is 2. The number of nitrogens with one attached hydrogen (secondary N) is 3. The maximum absolute atomic E-state index is 12.0. The lowest BCUT2D eigenvalue weighted by Crippen LogP contribution is -2.50. The van der Waals surface area contributed by atoms with E-state index >= 15 is 0 Å². The van der Waals surface area contributed by atoms with Gasteiger partial charge in [0.25, 0.3) is 0 Å². The normalized spacial score (nSPS) is 16.2. The minimum atomic E-state index is -0.0845. The molecule has 3 N–H and O–H groups in total. The molecule has 7 heteroatoms. The highest BCUT2D eigenvalue weighted by Crippen LogP contribution is 2.12. The Balaban J connectivity index is 0.00000312. The predicted molar refractivity (Wildman–Crippen MR) is 115 cm³/mol. The Hall–Kier alpha value is -1.35.